The van der Waals surface area contributed by atoms with Crippen molar-refractivity contribution < 1.29 is 9.53 Å². The van der Waals surface area contributed by atoms with Gasteiger partial charge in [0.05, 0.1) is 12.5 Å². The van der Waals surface area contributed by atoms with Crippen LogP contribution in [0.15, 0.2) is 42.7 Å². The zero-order valence-corrected chi connectivity index (χ0v) is 11.0. The topological polar surface area (TPSA) is 39.2 Å². The molecule has 1 atom stereocenters. The Hall–Kier alpha value is -2.16. The van der Waals surface area contributed by atoms with Gasteiger partial charge in [-0.25, -0.2) is 0 Å². The van der Waals surface area contributed by atoms with Gasteiger partial charge in [-0.3, -0.25) is 9.78 Å². The Morgan fingerprint density at radius 3 is 2.63 bits per heavy atom. The zero-order valence-electron chi connectivity index (χ0n) is 11.0. The van der Waals surface area contributed by atoms with Gasteiger partial charge in [0.25, 0.3) is 0 Å². The van der Waals surface area contributed by atoms with Gasteiger partial charge in [-0.2, -0.15) is 0 Å². The molecular weight excluding hydrogens is 238 g/mol. The maximum atomic E-state index is 12.7. The highest BCUT2D eigenvalue weighted by Crippen LogP contribution is 2.40. The molecule has 0 spiro atoms. The van der Waals surface area contributed by atoms with Gasteiger partial charge < -0.3 is 4.74 Å². The molecule has 0 aliphatic heterocycles. The summed E-state index contributed by atoms with van der Waals surface area (Å²) in [5.41, 5.74) is 2.39. The molecule has 3 nitrogen and oxygen atoms in total. The van der Waals surface area contributed by atoms with Crippen LogP contribution in [0.3, 0.4) is 0 Å². The van der Waals surface area contributed by atoms with Crippen molar-refractivity contribution in [2.24, 2.45) is 0 Å². The molecule has 1 aliphatic rings. The second-order valence-electron chi connectivity index (χ2n) is 5.10. The molecule has 0 radical (unpaired) electrons. The Labute approximate surface area is 112 Å². The van der Waals surface area contributed by atoms with Gasteiger partial charge in [0.15, 0.2) is 5.78 Å². The van der Waals surface area contributed by atoms with E-state index < -0.39 is 5.41 Å². The zero-order chi connectivity index (χ0) is 13.5. The number of rotatable bonds is 2. The summed E-state index contributed by atoms with van der Waals surface area (Å²) in [7, 11) is 1.61. The molecule has 3 heteroatoms. The van der Waals surface area contributed by atoms with E-state index in [2.05, 4.69) is 4.98 Å². The van der Waals surface area contributed by atoms with Crippen LogP contribution >= 0.6 is 0 Å². The van der Waals surface area contributed by atoms with E-state index in [4.69, 9.17) is 4.74 Å². The number of aromatic nitrogens is 1. The summed E-state index contributed by atoms with van der Waals surface area (Å²) in [4.78, 5) is 16.7. The molecule has 3 rings (SSSR count). The van der Waals surface area contributed by atoms with Gasteiger partial charge >= 0.3 is 0 Å². The fourth-order valence-corrected chi connectivity index (χ4v) is 2.76. The number of Topliss-reactive ketones (excluding diaryl/α,β-unsaturated/α-hetero) is 1. The molecule has 0 bridgehead atoms. The van der Waals surface area contributed by atoms with Gasteiger partial charge in [-0.05, 0) is 48.7 Å². The number of nitrogens with zero attached hydrogens (tertiary/aromatic N) is 1. The number of hydrogen-bond acceptors (Lipinski definition) is 3. The van der Waals surface area contributed by atoms with E-state index >= 15 is 0 Å². The lowest BCUT2D eigenvalue weighted by Gasteiger charge is -2.22. The van der Waals surface area contributed by atoms with Crippen molar-refractivity contribution in [1.29, 1.82) is 0 Å². The summed E-state index contributed by atoms with van der Waals surface area (Å²) in [5.74, 6) is 0.888. The number of methoxy groups -OCH3 is 1. The van der Waals surface area contributed by atoms with Crippen LogP contribution in [0.4, 0.5) is 0 Å². The second kappa shape index (κ2) is 4.19. The maximum Gasteiger partial charge on any atom is 0.173 e. The largest absolute Gasteiger partial charge is 0.497 e. The third kappa shape index (κ3) is 1.73. The molecule has 1 aliphatic carbocycles. The van der Waals surface area contributed by atoms with Gasteiger partial charge in [0, 0.05) is 18.0 Å². The van der Waals surface area contributed by atoms with Crippen LogP contribution in [0.5, 0.6) is 5.75 Å². The van der Waals surface area contributed by atoms with Crippen molar-refractivity contribution in [3.8, 4) is 5.75 Å². The highest BCUT2D eigenvalue weighted by molar-refractivity contribution is 6.08. The minimum Gasteiger partial charge on any atom is -0.497 e. The molecule has 0 saturated heterocycles. The third-order valence-corrected chi connectivity index (χ3v) is 3.92. The predicted octanol–water partition coefficient (Wildman–Crippen LogP) is 2.79. The average molecular weight is 253 g/mol. The number of carbonyl (C=O) groups excluding carboxylic acids is 1. The quantitative estimate of drug-likeness (QED) is 0.826. The molecule has 0 amide bonds. The molecule has 96 valence electrons. The Morgan fingerprint density at radius 2 is 1.95 bits per heavy atom. The van der Waals surface area contributed by atoms with Crippen LogP contribution in [0.25, 0.3) is 0 Å². The molecule has 1 unspecified atom stereocenters. The van der Waals surface area contributed by atoms with Crippen LogP contribution in [0.2, 0.25) is 0 Å². The number of ether oxygens (including phenoxy) is 1. The van der Waals surface area contributed by atoms with Crippen molar-refractivity contribution in [3.05, 3.63) is 59.4 Å². The van der Waals surface area contributed by atoms with Crippen LogP contribution in [0.1, 0.15) is 28.4 Å². The second-order valence-corrected chi connectivity index (χ2v) is 5.10. The number of hydrogen-bond donors (Lipinski definition) is 0. The minimum atomic E-state index is -0.488. The molecule has 1 heterocycles. The van der Waals surface area contributed by atoms with Gasteiger partial charge in [0.1, 0.15) is 5.75 Å². The lowest BCUT2D eigenvalue weighted by molar-refractivity contribution is 0.0915. The summed E-state index contributed by atoms with van der Waals surface area (Å²) in [5, 5.41) is 0. The van der Waals surface area contributed by atoms with Crippen molar-refractivity contribution >= 4 is 5.78 Å². The first-order valence-corrected chi connectivity index (χ1v) is 6.27. The van der Waals surface area contributed by atoms with Crippen molar-refractivity contribution in [2.75, 3.05) is 7.11 Å². The smallest absolute Gasteiger partial charge is 0.173 e. The highest BCUT2D eigenvalue weighted by Gasteiger charge is 2.42. The highest BCUT2D eigenvalue weighted by atomic mass is 16.5. The first kappa shape index (κ1) is 11.9. The van der Waals surface area contributed by atoms with E-state index in [0.717, 1.165) is 28.9 Å². The number of pyridine rings is 1. The van der Waals surface area contributed by atoms with Gasteiger partial charge in [-0.15, -0.1) is 0 Å². The monoisotopic (exact) mass is 253 g/mol. The molecule has 19 heavy (non-hydrogen) atoms. The van der Waals surface area contributed by atoms with Crippen LogP contribution in [0, 0.1) is 0 Å². The molecule has 0 fully saturated rings. The SMILES string of the molecule is COc1ccc2c(c1)C(=O)C(C)(c1ccncc1)C2. The lowest BCUT2D eigenvalue weighted by Crippen LogP contribution is -2.29. The molecule has 0 saturated carbocycles. The number of benzene rings is 1. The average Bonchev–Trinajstić information content (AvgIpc) is 2.72. The third-order valence-electron chi connectivity index (χ3n) is 3.92. The summed E-state index contributed by atoms with van der Waals surface area (Å²) in [6.45, 7) is 2.00. The standard InChI is InChI=1S/C16H15NO2/c1-16(12-5-7-17-8-6-12)10-11-3-4-13(19-2)9-14(11)15(16)18/h3-9H,10H2,1-2H3. The summed E-state index contributed by atoms with van der Waals surface area (Å²) in [6, 6.07) is 9.56. The first-order valence-electron chi connectivity index (χ1n) is 6.27. The summed E-state index contributed by atoms with van der Waals surface area (Å²) < 4.78 is 5.20. The fourth-order valence-electron chi connectivity index (χ4n) is 2.76. The Balaban J connectivity index is 2.08. The lowest BCUT2D eigenvalue weighted by atomic mass is 9.79. The Kier molecular flexibility index (Phi) is 2.63. The molecule has 2 aromatic rings. The predicted molar refractivity (Wildman–Crippen MR) is 72.6 cm³/mol. The van der Waals surface area contributed by atoms with E-state index in [1.807, 2.05) is 37.3 Å². The summed E-state index contributed by atoms with van der Waals surface area (Å²) in [6.07, 6.45) is 4.20. The van der Waals surface area contributed by atoms with E-state index in [1.54, 1.807) is 19.5 Å². The normalized spacial score (nSPS) is 21.3. The van der Waals surface area contributed by atoms with Crippen LogP contribution in [-0.4, -0.2) is 17.9 Å². The molecular formula is C16H15NO2. The maximum absolute atomic E-state index is 12.7. The Bertz CT molecular complexity index is 636. The Morgan fingerprint density at radius 1 is 1.21 bits per heavy atom. The van der Waals surface area contributed by atoms with Gasteiger partial charge in [0.2, 0.25) is 0 Å². The van der Waals surface area contributed by atoms with Gasteiger partial charge in [-0.1, -0.05) is 6.07 Å². The molecule has 1 aromatic carbocycles. The number of carbonyl (C=O) groups is 1. The number of ketones is 1. The van der Waals surface area contributed by atoms with Crippen molar-refractivity contribution in [1.82, 2.24) is 4.98 Å². The minimum absolute atomic E-state index is 0.160. The molecule has 0 N–H and O–H groups in total. The van der Waals surface area contributed by atoms with E-state index in [-0.39, 0.29) is 5.78 Å². The van der Waals surface area contributed by atoms with E-state index in [1.165, 1.54) is 0 Å². The van der Waals surface area contributed by atoms with Crippen LogP contribution < -0.4 is 4.74 Å². The van der Waals surface area contributed by atoms with Crippen LogP contribution in [-0.2, 0) is 11.8 Å². The first-order chi connectivity index (χ1) is 9.15. The number of fused-ring (bicyclic) bond motifs is 1. The van der Waals surface area contributed by atoms with Crippen molar-refractivity contribution in [2.45, 2.75) is 18.8 Å². The fraction of sp³-hybridized carbons (Fsp3) is 0.250. The van der Waals surface area contributed by atoms with E-state index in [9.17, 15) is 4.79 Å². The summed E-state index contributed by atoms with van der Waals surface area (Å²) >= 11 is 0. The van der Waals surface area contributed by atoms with E-state index in [0.29, 0.717) is 0 Å². The van der Waals surface area contributed by atoms with Crippen molar-refractivity contribution in [3.63, 3.8) is 0 Å². The molecule has 1 aromatic heterocycles.